The van der Waals surface area contributed by atoms with E-state index in [1.165, 1.54) is 6.33 Å². The maximum Gasteiger partial charge on any atom is 0.315 e. The number of hydrogen-bond acceptors (Lipinski definition) is 5. The summed E-state index contributed by atoms with van der Waals surface area (Å²) in [6, 6.07) is 9.48. The molecular weight excluding hydrogens is 320 g/mol. The number of hydrogen-bond donors (Lipinski definition) is 2. The van der Waals surface area contributed by atoms with Crippen molar-refractivity contribution in [2.45, 2.75) is 33.0 Å². The van der Waals surface area contributed by atoms with Gasteiger partial charge >= 0.3 is 6.03 Å². The molecular formula is C17H20N6O2. The zero-order valence-corrected chi connectivity index (χ0v) is 14.0. The summed E-state index contributed by atoms with van der Waals surface area (Å²) in [7, 11) is 0. The molecule has 2 heterocycles. The first kappa shape index (κ1) is 16.7. The SMILES string of the molecule is CCc1cc(CNC(=O)NCc2ccccc2Cn2cncn2)on1. The smallest absolute Gasteiger partial charge is 0.315 e. The van der Waals surface area contributed by atoms with Gasteiger partial charge in [-0.05, 0) is 17.5 Å². The van der Waals surface area contributed by atoms with E-state index >= 15 is 0 Å². The predicted molar refractivity (Wildman–Crippen MR) is 90.5 cm³/mol. The number of rotatable bonds is 7. The number of carbonyl (C=O) groups is 1. The highest BCUT2D eigenvalue weighted by atomic mass is 16.5. The molecule has 8 nitrogen and oxygen atoms in total. The van der Waals surface area contributed by atoms with E-state index in [1.807, 2.05) is 37.3 Å². The minimum atomic E-state index is -0.259. The minimum absolute atomic E-state index is 0.259. The number of aromatic nitrogens is 4. The Morgan fingerprint density at radius 1 is 1.20 bits per heavy atom. The molecule has 25 heavy (non-hydrogen) atoms. The summed E-state index contributed by atoms with van der Waals surface area (Å²) in [6.07, 6.45) is 3.97. The number of aryl methyl sites for hydroxylation is 1. The largest absolute Gasteiger partial charge is 0.359 e. The normalized spacial score (nSPS) is 10.6. The summed E-state index contributed by atoms with van der Waals surface area (Å²) in [5, 5.41) is 13.6. The van der Waals surface area contributed by atoms with E-state index in [1.54, 1.807) is 11.0 Å². The molecule has 0 aliphatic carbocycles. The second kappa shape index (κ2) is 8.09. The Bertz CT molecular complexity index is 812. The van der Waals surface area contributed by atoms with E-state index < -0.39 is 0 Å². The third kappa shape index (κ3) is 4.66. The fourth-order valence-corrected chi connectivity index (χ4v) is 2.38. The number of benzene rings is 1. The van der Waals surface area contributed by atoms with Crippen LogP contribution in [0.1, 0.15) is 29.5 Å². The van der Waals surface area contributed by atoms with Gasteiger partial charge < -0.3 is 15.2 Å². The second-order valence-electron chi connectivity index (χ2n) is 5.54. The summed E-state index contributed by atoms with van der Waals surface area (Å²) in [5.41, 5.74) is 2.98. The number of urea groups is 1. The molecule has 2 N–H and O–H groups in total. The molecule has 0 fully saturated rings. The molecule has 0 atom stereocenters. The molecule has 130 valence electrons. The van der Waals surface area contributed by atoms with Crippen molar-refractivity contribution >= 4 is 6.03 Å². The molecule has 2 aromatic heterocycles. The average Bonchev–Trinajstić information content (AvgIpc) is 3.30. The van der Waals surface area contributed by atoms with E-state index in [4.69, 9.17) is 4.52 Å². The van der Waals surface area contributed by atoms with Crippen LogP contribution < -0.4 is 10.6 Å². The average molecular weight is 340 g/mol. The highest BCUT2D eigenvalue weighted by molar-refractivity contribution is 5.73. The molecule has 0 radical (unpaired) electrons. The summed E-state index contributed by atoms with van der Waals surface area (Å²) < 4.78 is 6.88. The van der Waals surface area contributed by atoms with Gasteiger partial charge in [0.15, 0.2) is 5.76 Å². The maximum atomic E-state index is 12.0. The lowest BCUT2D eigenvalue weighted by Crippen LogP contribution is -2.34. The van der Waals surface area contributed by atoms with Crippen molar-refractivity contribution in [1.29, 1.82) is 0 Å². The van der Waals surface area contributed by atoms with Crippen LogP contribution in [0.3, 0.4) is 0 Å². The van der Waals surface area contributed by atoms with Crippen LogP contribution in [0, 0.1) is 0 Å². The van der Waals surface area contributed by atoms with Crippen LogP contribution in [-0.2, 0) is 26.1 Å². The monoisotopic (exact) mass is 340 g/mol. The van der Waals surface area contributed by atoms with Crippen LogP contribution in [0.2, 0.25) is 0 Å². The lowest BCUT2D eigenvalue weighted by atomic mass is 10.1. The molecule has 0 spiro atoms. The number of carbonyl (C=O) groups excluding carboxylic acids is 1. The third-order valence-electron chi connectivity index (χ3n) is 3.75. The van der Waals surface area contributed by atoms with Crippen molar-refractivity contribution in [3.63, 3.8) is 0 Å². The number of nitrogens with zero attached hydrogens (tertiary/aromatic N) is 4. The summed E-state index contributed by atoms with van der Waals surface area (Å²) in [5.74, 6) is 0.638. The van der Waals surface area contributed by atoms with Gasteiger partial charge in [0.05, 0.1) is 18.8 Å². The van der Waals surface area contributed by atoms with Crippen LogP contribution in [0.15, 0.2) is 47.5 Å². The highest BCUT2D eigenvalue weighted by Gasteiger charge is 2.07. The van der Waals surface area contributed by atoms with Crippen LogP contribution >= 0.6 is 0 Å². The molecule has 3 rings (SSSR count). The third-order valence-corrected chi connectivity index (χ3v) is 3.75. The summed E-state index contributed by atoms with van der Waals surface area (Å²) in [6.45, 7) is 3.34. The first-order chi connectivity index (χ1) is 12.2. The zero-order chi connectivity index (χ0) is 17.5. The first-order valence-corrected chi connectivity index (χ1v) is 8.10. The summed E-state index contributed by atoms with van der Waals surface area (Å²) in [4.78, 5) is 15.9. The Labute approximate surface area is 145 Å². The van der Waals surface area contributed by atoms with Crippen LogP contribution in [0.25, 0.3) is 0 Å². The zero-order valence-electron chi connectivity index (χ0n) is 14.0. The van der Waals surface area contributed by atoms with E-state index in [0.29, 0.717) is 25.4 Å². The number of nitrogens with one attached hydrogen (secondary N) is 2. The Hall–Kier alpha value is -3.16. The van der Waals surface area contributed by atoms with Crippen LogP contribution in [-0.4, -0.2) is 26.0 Å². The van der Waals surface area contributed by atoms with E-state index in [0.717, 1.165) is 23.2 Å². The number of amides is 2. The fraction of sp³-hybridized carbons (Fsp3) is 0.294. The maximum absolute atomic E-state index is 12.0. The van der Waals surface area contributed by atoms with Gasteiger partial charge in [-0.2, -0.15) is 5.10 Å². The van der Waals surface area contributed by atoms with Crippen molar-refractivity contribution < 1.29 is 9.32 Å². The Morgan fingerprint density at radius 3 is 2.72 bits per heavy atom. The first-order valence-electron chi connectivity index (χ1n) is 8.10. The fourth-order valence-electron chi connectivity index (χ4n) is 2.38. The van der Waals surface area contributed by atoms with E-state index in [9.17, 15) is 4.79 Å². The van der Waals surface area contributed by atoms with Gasteiger partial charge in [-0.15, -0.1) is 0 Å². The Kier molecular flexibility index (Phi) is 5.40. The van der Waals surface area contributed by atoms with Gasteiger partial charge in [0.25, 0.3) is 0 Å². The van der Waals surface area contributed by atoms with Gasteiger partial charge in [0.1, 0.15) is 12.7 Å². The Balaban J connectivity index is 1.51. The second-order valence-corrected chi connectivity index (χ2v) is 5.54. The van der Waals surface area contributed by atoms with Crippen molar-refractivity contribution in [3.05, 3.63) is 65.6 Å². The van der Waals surface area contributed by atoms with E-state index in [-0.39, 0.29) is 6.03 Å². The minimum Gasteiger partial charge on any atom is -0.359 e. The molecule has 3 aromatic rings. The highest BCUT2D eigenvalue weighted by Crippen LogP contribution is 2.10. The van der Waals surface area contributed by atoms with E-state index in [2.05, 4.69) is 25.9 Å². The van der Waals surface area contributed by atoms with Gasteiger partial charge in [0, 0.05) is 12.6 Å². The molecule has 0 bridgehead atoms. The van der Waals surface area contributed by atoms with Gasteiger partial charge in [-0.1, -0.05) is 36.3 Å². The van der Waals surface area contributed by atoms with Crippen LogP contribution in [0.4, 0.5) is 4.79 Å². The van der Waals surface area contributed by atoms with Crippen molar-refractivity contribution in [2.75, 3.05) is 0 Å². The molecule has 0 aliphatic heterocycles. The quantitative estimate of drug-likeness (QED) is 0.684. The molecule has 1 aromatic carbocycles. The lowest BCUT2D eigenvalue weighted by Gasteiger charge is -2.11. The molecule has 0 saturated heterocycles. The summed E-state index contributed by atoms with van der Waals surface area (Å²) >= 11 is 0. The standard InChI is InChI=1S/C17H20N6O2/c1-2-15-7-16(25-22-15)9-20-17(24)19-8-13-5-3-4-6-14(13)10-23-12-18-11-21-23/h3-7,11-12H,2,8-10H2,1H3,(H2,19,20,24). The molecule has 2 amide bonds. The predicted octanol–water partition coefficient (Wildman–Crippen LogP) is 1.88. The molecule has 0 aliphatic rings. The van der Waals surface area contributed by atoms with Crippen LogP contribution in [0.5, 0.6) is 0 Å². The lowest BCUT2D eigenvalue weighted by molar-refractivity contribution is 0.238. The van der Waals surface area contributed by atoms with Gasteiger partial charge in [0.2, 0.25) is 0 Å². The van der Waals surface area contributed by atoms with Gasteiger partial charge in [-0.25, -0.2) is 14.5 Å². The van der Waals surface area contributed by atoms with Crippen molar-refractivity contribution in [3.8, 4) is 0 Å². The molecule has 8 heteroatoms. The van der Waals surface area contributed by atoms with Crippen molar-refractivity contribution in [2.24, 2.45) is 0 Å². The molecule has 0 saturated carbocycles. The van der Waals surface area contributed by atoms with Crippen molar-refractivity contribution in [1.82, 2.24) is 30.6 Å². The topological polar surface area (TPSA) is 97.9 Å². The Morgan fingerprint density at radius 2 is 2.00 bits per heavy atom. The molecule has 0 unspecified atom stereocenters. The van der Waals surface area contributed by atoms with Gasteiger partial charge in [-0.3, -0.25) is 0 Å².